The van der Waals surface area contributed by atoms with Gasteiger partial charge in [0.25, 0.3) is 0 Å². The van der Waals surface area contributed by atoms with Crippen molar-refractivity contribution in [2.75, 3.05) is 6.54 Å². The summed E-state index contributed by atoms with van der Waals surface area (Å²) in [7, 11) is 0. The lowest BCUT2D eigenvalue weighted by Gasteiger charge is -2.19. The first kappa shape index (κ1) is 15.5. The molecule has 0 radical (unpaired) electrons. The van der Waals surface area contributed by atoms with Gasteiger partial charge in [-0.3, -0.25) is 4.79 Å². The van der Waals surface area contributed by atoms with Crippen LogP contribution in [0.4, 0.5) is 0 Å². The molecule has 2 rings (SSSR count). The van der Waals surface area contributed by atoms with Crippen LogP contribution < -0.4 is 11.1 Å². The normalized spacial score (nSPS) is 22.6. The number of halogens is 1. The Kier molecular flexibility index (Phi) is 6.12. The number of rotatable bonds is 4. The molecule has 1 amide bonds. The summed E-state index contributed by atoms with van der Waals surface area (Å²) >= 11 is 1.70. The zero-order chi connectivity index (χ0) is 12.3. The third kappa shape index (κ3) is 3.97. The minimum atomic E-state index is 0. The average molecular weight is 289 g/mol. The molecule has 0 aliphatic heterocycles. The highest BCUT2D eigenvalue weighted by Crippen LogP contribution is 2.24. The number of hydrogen-bond donors (Lipinski definition) is 2. The van der Waals surface area contributed by atoms with Crippen molar-refractivity contribution < 1.29 is 4.79 Å². The lowest BCUT2D eigenvalue weighted by molar-refractivity contribution is -0.121. The predicted molar refractivity (Wildman–Crippen MR) is 78.3 cm³/mol. The van der Waals surface area contributed by atoms with E-state index in [-0.39, 0.29) is 18.3 Å². The summed E-state index contributed by atoms with van der Waals surface area (Å²) in [6, 6.07) is 4.40. The van der Waals surface area contributed by atoms with Crippen LogP contribution in [0.3, 0.4) is 0 Å². The van der Waals surface area contributed by atoms with Gasteiger partial charge in [0.1, 0.15) is 0 Å². The minimum Gasteiger partial charge on any atom is -0.353 e. The Labute approximate surface area is 119 Å². The first-order valence-electron chi connectivity index (χ1n) is 6.24. The minimum absolute atomic E-state index is 0. The van der Waals surface area contributed by atoms with Gasteiger partial charge in [0.15, 0.2) is 0 Å². The van der Waals surface area contributed by atoms with Gasteiger partial charge in [-0.2, -0.15) is 0 Å². The van der Waals surface area contributed by atoms with Crippen molar-refractivity contribution in [2.24, 2.45) is 11.7 Å². The largest absolute Gasteiger partial charge is 0.353 e. The molecule has 0 aromatic carbocycles. The monoisotopic (exact) mass is 288 g/mol. The van der Waals surface area contributed by atoms with E-state index in [1.165, 1.54) is 11.3 Å². The highest BCUT2D eigenvalue weighted by Gasteiger charge is 2.27. The Morgan fingerprint density at radius 3 is 2.89 bits per heavy atom. The van der Waals surface area contributed by atoms with E-state index >= 15 is 0 Å². The van der Waals surface area contributed by atoms with Crippen LogP contribution in [0.2, 0.25) is 0 Å². The summed E-state index contributed by atoms with van der Waals surface area (Å²) in [5, 5.41) is 3.13. The van der Waals surface area contributed by atoms with Crippen molar-refractivity contribution in [1.29, 1.82) is 0 Å². The van der Waals surface area contributed by atoms with Crippen LogP contribution in [0.25, 0.3) is 0 Å². The lowest BCUT2D eigenvalue weighted by atomic mass is 10.0. The Balaban J connectivity index is 0.00000162. The van der Waals surface area contributed by atoms with Crippen LogP contribution in [0.5, 0.6) is 0 Å². The van der Waals surface area contributed by atoms with Crippen molar-refractivity contribution in [3.63, 3.8) is 0 Å². The Morgan fingerprint density at radius 1 is 1.50 bits per heavy atom. The van der Waals surface area contributed by atoms with Crippen LogP contribution in [-0.2, 0) is 11.2 Å². The Bertz CT molecular complexity index is 394. The molecule has 1 aliphatic carbocycles. The SMILES string of the molecule is Cc1ccc(CC(=O)NC2CCCC2CN)s1.Cl. The van der Waals surface area contributed by atoms with Crippen LogP contribution in [0, 0.1) is 12.8 Å². The Hall–Kier alpha value is -0.580. The van der Waals surface area contributed by atoms with Crippen LogP contribution >= 0.6 is 23.7 Å². The molecular formula is C13H21ClN2OS. The van der Waals surface area contributed by atoms with Crippen LogP contribution in [-0.4, -0.2) is 18.5 Å². The topological polar surface area (TPSA) is 55.1 Å². The van der Waals surface area contributed by atoms with Gasteiger partial charge in [0.2, 0.25) is 5.91 Å². The van der Waals surface area contributed by atoms with Crippen LogP contribution in [0.15, 0.2) is 12.1 Å². The number of nitrogens with two attached hydrogens (primary N) is 1. The van der Waals surface area contributed by atoms with Gasteiger partial charge in [-0.25, -0.2) is 0 Å². The molecule has 102 valence electrons. The summed E-state index contributed by atoms with van der Waals surface area (Å²) < 4.78 is 0. The van der Waals surface area contributed by atoms with Gasteiger partial charge in [0, 0.05) is 15.8 Å². The molecule has 3 nitrogen and oxygen atoms in total. The number of aryl methyl sites for hydroxylation is 1. The number of carbonyl (C=O) groups is 1. The molecule has 18 heavy (non-hydrogen) atoms. The fraction of sp³-hybridized carbons (Fsp3) is 0.615. The first-order chi connectivity index (χ1) is 8.19. The van der Waals surface area contributed by atoms with Crippen molar-refractivity contribution in [3.05, 3.63) is 21.9 Å². The van der Waals surface area contributed by atoms with Gasteiger partial charge >= 0.3 is 0 Å². The van der Waals surface area contributed by atoms with E-state index in [2.05, 4.69) is 18.3 Å². The van der Waals surface area contributed by atoms with E-state index in [0.29, 0.717) is 24.9 Å². The third-order valence-corrected chi connectivity index (χ3v) is 4.44. The van der Waals surface area contributed by atoms with Gasteiger partial charge in [0.05, 0.1) is 6.42 Å². The van der Waals surface area contributed by atoms with Crippen molar-refractivity contribution in [3.8, 4) is 0 Å². The highest BCUT2D eigenvalue weighted by molar-refractivity contribution is 7.12. The fourth-order valence-electron chi connectivity index (χ4n) is 2.51. The van der Waals surface area contributed by atoms with Gasteiger partial charge in [-0.05, 0) is 44.4 Å². The highest BCUT2D eigenvalue weighted by atomic mass is 35.5. The van der Waals surface area contributed by atoms with Crippen molar-refractivity contribution >= 4 is 29.7 Å². The van der Waals surface area contributed by atoms with Crippen molar-refractivity contribution in [1.82, 2.24) is 5.32 Å². The summed E-state index contributed by atoms with van der Waals surface area (Å²) in [4.78, 5) is 14.3. The van der Waals surface area contributed by atoms with E-state index in [1.54, 1.807) is 11.3 Å². The second kappa shape index (κ2) is 7.12. The maximum absolute atomic E-state index is 11.9. The molecular weight excluding hydrogens is 268 g/mol. The number of carbonyl (C=O) groups excluding carboxylic acids is 1. The van der Waals surface area contributed by atoms with Gasteiger partial charge < -0.3 is 11.1 Å². The lowest BCUT2D eigenvalue weighted by Crippen LogP contribution is -2.40. The molecule has 1 saturated carbocycles. The van der Waals surface area contributed by atoms with Gasteiger partial charge in [-0.1, -0.05) is 6.42 Å². The zero-order valence-electron chi connectivity index (χ0n) is 10.6. The third-order valence-electron chi connectivity index (χ3n) is 3.44. The van der Waals surface area contributed by atoms with E-state index in [1.807, 2.05) is 6.07 Å². The first-order valence-corrected chi connectivity index (χ1v) is 7.05. The number of amides is 1. The predicted octanol–water partition coefficient (Wildman–Crippen LogP) is 2.26. The maximum atomic E-state index is 11.9. The molecule has 0 spiro atoms. The smallest absolute Gasteiger partial charge is 0.225 e. The molecule has 1 aliphatic rings. The molecule has 2 atom stereocenters. The quantitative estimate of drug-likeness (QED) is 0.893. The fourth-order valence-corrected chi connectivity index (χ4v) is 3.39. The molecule has 1 aromatic rings. The average Bonchev–Trinajstić information content (AvgIpc) is 2.87. The van der Waals surface area contributed by atoms with Crippen LogP contribution in [0.1, 0.15) is 29.0 Å². The molecule has 1 fully saturated rings. The maximum Gasteiger partial charge on any atom is 0.225 e. The standard InChI is InChI=1S/C13H20N2OS.ClH/c1-9-5-6-11(17-9)7-13(16)15-12-4-2-3-10(12)8-14;/h5-6,10,12H,2-4,7-8,14H2,1H3,(H,15,16);1H. The second-order valence-corrected chi connectivity index (χ2v) is 6.16. The van der Waals surface area contributed by atoms with E-state index in [4.69, 9.17) is 5.73 Å². The van der Waals surface area contributed by atoms with Gasteiger partial charge in [-0.15, -0.1) is 23.7 Å². The van der Waals surface area contributed by atoms with E-state index < -0.39 is 0 Å². The zero-order valence-corrected chi connectivity index (χ0v) is 12.3. The molecule has 0 bridgehead atoms. The Morgan fingerprint density at radius 2 is 2.28 bits per heavy atom. The second-order valence-electron chi connectivity index (χ2n) is 4.79. The molecule has 0 saturated heterocycles. The molecule has 1 aromatic heterocycles. The number of hydrogen-bond acceptors (Lipinski definition) is 3. The number of thiophene rings is 1. The summed E-state index contributed by atoms with van der Waals surface area (Å²) in [6.07, 6.45) is 3.92. The van der Waals surface area contributed by atoms with Crippen molar-refractivity contribution in [2.45, 2.75) is 38.6 Å². The molecule has 5 heteroatoms. The molecule has 3 N–H and O–H groups in total. The summed E-state index contributed by atoms with van der Waals surface area (Å²) in [6.45, 7) is 2.75. The molecule has 2 unspecified atom stereocenters. The summed E-state index contributed by atoms with van der Waals surface area (Å²) in [5.41, 5.74) is 5.71. The molecule has 1 heterocycles. The van der Waals surface area contributed by atoms with E-state index in [9.17, 15) is 4.79 Å². The van der Waals surface area contributed by atoms with E-state index in [0.717, 1.165) is 17.7 Å². The number of nitrogens with one attached hydrogen (secondary N) is 1. The summed E-state index contributed by atoms with van der Waals surface area (Å²) in [5.74, 6) is 0.612.